The Morgan fingerprint density at radius 1 is 1.22 bits per heavy atom. The van der Waals surface area contributed by atoms with Crippen LogP contribution >= 0.6 is 0 Å². The fraction of sp³-hybridized carbons (Fsp3) is 0.933. The van der Waals surface area contributed by atoms with Gasteiger partial charge in [0.2, 0.25) is 5.91 Å². The summed E-state index contributed by atoms with van der Waals surface area (Å²) in [6.45, 7) is 13.6. The van der Waals surface area contributed by atoms with Crippen molar-refractivity contribution < 1.29 is 4.79 Å². The van der Waals surface area contributed by atoms with E-state index in [0.717, 1.165) is 6.54 Å². The maximum Gasteiger partial charge on any atom is 0.225 e. The monoisotopic (exact) mass is 254 g/mol. The Morgan fingerprint density at radius 3 is 2.22 bits per heavy atom. The lowest BCUT2D eigenvalue weighted by molar-refractivity contribution is -0.128. The molecule has 3 nitrogen and oxygen atoms in total. The lowest BCUT2D eigenvalue weighted by Gasteiger charge is -2.30. The molecule has 0 aromatic carbocycles. The van der Waals surface area contributed by atoms with E-state index >= 15 is 0 Å². The molecule has 1 saturated heterocycles. The lowest BCUT2D eigenvalue weighted by atomic mass is 9.95. The number of hydrogen-bond acceptors (Lipinski definition) is 2. The van der Waals surface area contributed by atoms with Gasteiger partial charge in [-0.25, -0.2) is 0 Å². The fourth-order valence-electron chi connectivity index (χ4n) is 2.49. The molecule has 0 aliphatic carbocycles. The number of amides is 1. The predicted molar refractivity (Wildman–Crippen MR) is 76.5 cm³/mol. The Kier molecular flexibility index (Phi) is 5.64. The summed E-state index contributed by atoms with van der Waals surface area (Å²) in [5.41, 5.74) is -0.284. The summed E-state index contributed by atoms with van der Waals surface area (Å²) in [5.74, 6) is 0.845. The highest BCUT2D eigenvalue weighted by Gasteiger charge is 2.26. The molecule has 18 heavy (non-hydrogen) atoms. The first-order valence-electron chi connectivity index (χ1n) is 7.33. The van der Waals surface area contributed by atoms with E-state index in [1.165, 1.54) is 32.4 Å². The smallest absolute Gasteiger partial charge is 0.225 e. The van der Waals surface area contributed by atoms with Crippen molar-refractivity contribution in [2.75, 3.05) is 19.6 Å². The largest absolute Gasteiger partial charge is 0.354 e. The number of likely N-dealkylation sites (tertiary alicyclic amines) is 1. The Balaban J connectivity index is 2.48. The number of nitrogens with zero attached hydrogens (tertiary/aromatic N) is 1. The van der Waals surface area contributed by atoms with E-state index in [4.69, 9.17) is 0 Å². The molecule has 3 heteroatoms. The van der Waals surface area contributed by atoms with E-state index in [2.05, 4.69) is 24.1 Å². The molecule has 1 amide bonds. The minimum Gasteiger partial charge on any atom is -0.354 e. The number of rotatable bonds is 5. The molecule has 1 fully saturated rings. The number of nitrogens with one attached hydrogen (secondary N) is 1. The summed E-state index contributed by atoms with van der Waals surface area (Å²) in [6, 6.07) is 0.513. The highest BCUT2D eigenvalue weighted by atomic mass is 16.2. The summed E-state index contributed by atoms with van der Waals surface area (Å²) >= 11 is 0. The van der Waals surface area contributed by atoms with E-state index < -0.39 is 0 Å². The van der Waals surface area contributed by atoms with Crippen molar-refractivity contribution in [3.8, 4) is 0 Å². The van der Waals surface area contributed by atoms with Gasteiger partial charge in [-0.05, 0) is 38.3 Å². The van der Waals surface area contributed by atoms with Crippen LogP contribution in [0.15, 0.2) is 0 Å². The minimum absolute atomic E-state index is 0.162. The van der Waals surface area contributed by atoms with Crippen molar-refractivity contribution in [2.45, 2.75) is 59.9 Å². The van der Waals surface area contributed by atoms with Gasteiger partial charge in [0, 0.05) is 18.0 Å². The van der Waals surface area contributed by atoms with Crippen LogP contribution in [0.2, 0.25) is 0 Å². The third-order valence-electron chi connectivity index (χ3n) is 3.58. The molecule has 1 aliphatic rings. The van der Waals surface area contributed by atoms with Gasteiger partial charge in [0.05, 0.1) is 0 Å². The third kappa shape index (κ3) is 4.97. The number of hydrogen-bond donors (Lipinski definition) is 1. The van der Waals surface area contributed by atoms with Gasteiger partial charge in [0.15, 0.2) is 0 Å². The molecule has 0 radical (unpaired) electrons. The van der Waals surface area contributed by atoms with Gasteiger partial charge >= 0.3 is 0 Å². The Bertz CT molecular complexity index is 262. The van der Waals surface area contributed by atoms with Crippen LogP contribution in [-0.2, 0) is 4.79 Å². The van der Waals surface area contributed by atoms with Crippen LogP contribution in [0.25, 0.3) is 0 Å². The molecule has 0 saturated carbocycles. The molecule has 1 N–H and O–H groups in total. The molecule has 1 aliphatic heterocycles. The molecule has 1 atom stereocenters. The SMILES string of the molecule is CC(C)CC(CNC(=O)C(C)(C)C)N1CCCC1. The highest BCUT2D eigenvalue weighted by molar-refractivity contribution is 5.81. The van der Waals surface area contributed by atoms with Crippen LogP contribution in [-0.4, -0.2) is 36.5 Å². The first-order chi connectivity index (χ1) is 8.30. The van der Waals surface area contributed by atoms with Gasteiger partial charge in [-0.1, -0.05) is 34.6 Å². The topological polar surface area (TPSA) is 32.3 Å². The average molecular weight is 254 g/mol. The van der Waals surface area contributed by atoms with Crippen molar-refractivity contribution >= 4 is 5.91 Å². The molecular weight excluding hydrogens is 224 g/mol. The first-order valence-corrected chi connectivity index (χ1v) is 7.33. The summed E-state index contributed by atoms with van der Waals surface area (Å²) < 4.78 is 0. The lowest BCUT2D eigenvalue weighted by Crippen LogP contribution is -2.46. The van der Waals surface area contributed by atoms with Crippen molar-refractivity contribution in [1.82, 2.24) is 10.2 Å². The van der Waals surface area contributed by atoms with Crippen molar-refractivity contribution in [2.24, 2.45) is 11.3 Å². The molecule has 1 heterocycles. The Morgan fingerprint density at radius 2 is 1.78 bits per heavy atom. The van der Waals surface area contributed by atoms with E-state index in [9.17, 15) is 4.79 Å². The summed E-state index contributed by atoms with van der Waals surface area (Å²) in [4.78, 5) is 14.5. The van der Waals surface area contributed by atoms with Crippen LogP contribution in [0, 0.1) is 11.3 Å². The molecule has 1 rings (SSSR count). The van der Waals surface area contributed by atoms with Gasteiger partial charge in [-0.3, -0.25) is 9.69 Å². The van der Waals surface area contributed by atoms with E-state index in [0.29, 0.717) is 12.0 Å². The number of carbonyl (C=O) groups excluding carboxylic acids is 1. The highest BCUT2D eigenvalue weighted by Crippen LogP contribution is 2.18. The van der Waals surface area contributed by atoms with E-state index in [1.54, 1.807) is 0 Å². The van der Waals surface area contributed by atoms with Gasteiger partial charge < -0.3 is 5.32 Å². The first kappa shape index (κ1) is 15.5. The molecule has 1 unspecified atom stereocenters. The standard InChI is InChI=1S/C15H30N2O/c1-12(2)10-13(17-8-6-7-9-17)11-16-14(18)15(3,4)5/h12-13H,6-11H2,1-5H3,(H,16,18). The quantitative estimate of drug-likeness (QED) is 0.818. The van der Waals surface area contributed by atoms with Crippen LogP contribution in [0.1, 0.15) is 53.9 Å². The van der Waals surface area contributed by atoms with Crippen LogP contribution in [0.3, 0.4) is 0 Å². The van der Waals surface area contributed by atoms with Gasteiger partial charge in [-0.15, -0.1) is 0 Å². The molecule has 106 valence electrons. The maximum absolute atomic E-state index is 11.9. The molecule has 0 spiro atoms. The van der Waals surface area contributed by atoms with Crippen molar-refractivity contribution in [1.29, 1.82) is 0 Å². The minimum atomic E-state index is -0.284. The predicted octanol–water partition coefficient (Wildman–Crippen LogP) is 2.66. The van der Waals surface area contributed by atoms with Crippen LogP contribution < -0.4 is 5.32 Å². The molecule has 0 aromatic heterocycles. The van der Waals surface area contributed by atoms with Crippen LogP contribution in [0.4, 0.5) is 0 Å². The van der Waals surface area contributed by atoms with Crippen molar-refractivity contribution in [3.05, 3.63) is 0 Å². The Hall–Kier alpha value is -0.570. The number of carbonyl (C=O) groups is 1. The molecule has 0 aromatic rings. The second-order valence-electron chi connectivity index (χ2n) is 6.99. The third-order valence-corrected chi connectivity index (χ3v) is 3.58. The average Bonchev–Trinajstić information content (AvgIpc) is 2.74. The summed E-state index contributed by atoms with van der Waals surface area (Å²) in [5, 5.41) is 3.12. The zero-order chi connectivity index (χ0) is 13.8. The van der Waals surface area contributed by atoms with Gasteiger partial charge in [-0.2, -0.15) is 0 Å². The second-order valence-corrected chi connectivity index (χ2v) is 6.99. The van der Waals surface area contributed by atoms with Crippen molar-refractivity contribution in [3.63, 3.8) is 0 Å². The normalized spacial score (nSPS) is 19.2. The van der Waals surface area contributed by atoms with Gasteiger partial charge in [0.1, 0.15) is 0 Å². The summed E-state index contributed by atoms with van der Waals surface area (Å²) in [6.07, 6.45) is 3.79. The molecular formula is C15H30N2O. The van der Waals surface area contributed by atoms with Crippen LogP contribution in [0.5, 0.6) is 0 Å². The molecule has 0 bridgehead atoms. The zero-order valence-electron chi connectivity index (χ0n) is 12.8. The summed E-state index contributed by atoms with van der Waals surface area (Å²) in [7, 11) is 0. The maximum atomic E-state index is 11.9. The zero-order valence-corrected chi connectivity index (χ0v) is 12.8. The van der Waals surface area contributed by atoms with E-state index in [1.807, 2.05) is 20.8 Å². The Labute approximate surface area is 112 Å². The van der Waals surface area contributed by atoms with E-state index in [-0.39, 0.29) is 11.3 Å². The van der Waals surface area contributed by atoms with Gasteiger partial charge in [0.25, 0.3) is 0 Å². The second kappa shape index (κ2) is 6.55. The fourth-order valence-corrected chi connectivity index (χ4v) is 2.49.